The normalized spacial score (nSPS) is 28.9. The second kappa shape index (κ2) is 5.66. The van der Waals surface area contributed by atoms with Gasteiger partial charge in [-0.2, -0.15) is 13.2 Å². The summed E-state index contributed by atoms with van der Waals surface area (Å²) in [7, 11) is 0. The summed E-state index contributed by atoms with van der Waals surface area (Å²) in [5, 5.41) is 0. The van der Waals surface area contributed by atoms with Crippen molar-refractivity contribution in [1.29, 1.82) is 0 Å². The van der Waals surface area contributed by atoms with E-state index in [9.17, 15) is 18.0 Å². The number of primary amides is 1. The molecule has 2 atom stereocenters. The first-order valence-electron chi connectivity index (χ1n) is 6.46. The molecule has 0 heterocycles. The minimum Gasteiger partial charge on any atom is -0.368 e. The highest BCUT2D eigenvalue weighted by Crippen LogP contribution is 2.32. The molecule has 1 amide bonds. The number of nitrogens with two attached hydrogens (primary N) is 2. The molecule has 0 aromatic rings. The van der Waals surface area contributed by atoms with E-state index in [1.165, 1.54) is 4.90 Å². The van der Waals surface area contributed by atoms with Crippen molar-refractivity contribution in [3.8, 4) is 0 Å². The van der Waals surface area contributed by atoms with Gasteiger partial charge in [-0.3, -0.25) is 9.69 Å². The van der Waals surface area contributed by atoms with E-state index in [0.29, 0.717) is 19.3 Å². The van der Waals surface area contributed by atoms with Crippen molar-refractivity contribution < 1.29 is 18.0 Å². The van der Waals surface area contributed by atoms with Gasteiger partial charge >= 0.3 is 6.18 Å². The lowest BCUT2D eigenvalue weighted by Gasteiger charge is -2.43. The average molecular weight is 281 g/mol. The van der Waals surface area contributed by atoms with Gasteiger partial charge in [0.1, 0.15) is 0 Å². The Balaban J connectivity index is 2.83. The van der Waals surface area contributed by atoms with E-state index < -0.39 is 24.2 Å². The molecular weight excluding hydrogens is 259 g/mol. The fraction of sp³-hybridized carbons (Fsp3) is 0.917. The number of carbonyl (C=O) groups excluding carboxylic acids is 1. The number of amides is 1. The fourth-order valence-electron chi connectivity index (χ4n) is 2.72. The summed E-state index contributed by atoms with van der Waals surface area (Å²) in [4.78, 5) is 12.7. The molecule has 0 radical (unpaired) electrons. The summed E-state index contributed by atoms with van der Waals surface area (Å²) in [5.41, 5.74) is 10.00. The monoisotopic (exact) mass is 281 g/mol. The molecular formula is C12H22F3N3O. The van der Waals surface area contributed by atoms with Gasteiger partial charge in [-0.1, -0.05) is 0 Å². The molecule has 19 heavy (non-hydrogen) atoms. The van der Waals surface area contributed by atoms with E-state index in [-0.39, 0.29) is 18.5 Å². The average Bonchev–Trinajstić information content (AvgIpc) is 2.24. The summed E-state index contributed by atoms with van der Waals surface area (Å²) in [5.74, 6) is -0.632. The molecule has 1 aliphatic carbocycles. The van der Waals surface area contributed by atoms with Crippen molar-refractivity contribution in [2.75, 3.05) is 6.54 Å². The number of alkyl halides is 3. The molecule has 0 aromatic carbocycles. The molecule has 2 unspecified atom stereocenters. The van der Waals surface area contributed by atoms with Gasteiger partial charge in [0.25, 0.3) is 0 Å². The largest absolute Gasteiger partial charge is 0.401 e. The van der Waals surface area contributed by atoms with Crippen LogP contribution in [0.4, 0.5) is 13.2 Å². The van der Waals surface area contributed by atoms with Crippen LogP contribution >= 0.6 is 0 Å². The molecule has 0 aliphatic heterocycles. The van der Waals surface area contributed by atoms with Gasteiger partial charge < -0.3 is 11.5 Å². The molecule has 1 aliphatic rings. The molecule has 0 aromatic heterocycles. The number of carbonyl (C=O) groups is 1. The molecule has 0 saturated heterocycles. The Kier molecular flexibility index (Phi) is 4.84. The zero-order valence-corrected chi connectivity index (χ0v) is 11.3. The lowest BCUT2D eigenvalue weighted by molar-refractivity contribution is -0.158. The number of hydrogen-bond donors (Lipinski definition) is 2. The maximum atomic E-state index is 12.6. The zero-order chi connectivity index (χ0) is 14.8. The van der Waals surface area contributed by atoms with Crippen LogP contribution in [0, 0.1) is 0 Å². The van der Waals surface area contributed by atoms with E-state index >= 15 is 0 Å². The van der Waals surface area contributed by atoms with Crippen molar-refractivity contribution in [2.24, 2.45) is 11.5 Å². The van der Waals surface area contributed by atoms with Gasteiger partial charge in [0, 0.05) is 12.1 Å². The highest BCUT2D eigenvalue weighted by atomic mass is 19.4. The number of hydrogen-bond acceptors (Lipinski definition) is 3. The van der Waals surface area contributed by atoms with Gasteiger partial charge in [-0.05, 0) is 39.5 Å². The zero-order valence-electron chi connectivity index (χ0n) is 11.3. The van der Waals surface area contributed by atoms with Gasteiger partial charge in [0.05, 0.1) is 12.1 Å². The summed E-state index contributed by atoms with van der Waals surface area (Å²) >= 11 is 0. The third-order valence-corrected chi connectivity index (χ3v) is 3.75. The van der Waals surface area contributed by atoms with Crippen LogP contribution in [-0.2, 0) is 4.79 Å². The van der Waals surface area contributed by atoms with Gasteiger partial charge in [-0.25, -0.2) is 0 Å². The van der Waals surface area contributed by atoms with Gasteiger partial charge in [-0.15, -0.1) is 0 Å². The Bertz CT molecular complexity index is 333. The number of nitrogens with zero attached hydrogens (tertiary/aromatic N) is 1. The first-order chi connectivity index (χ1) is 8.55. The SMILES string of the molecule is CC(C)N(CC(F)(F)F)C1CCCC(N)(C(N)=O)C1. The topological polar surface area (TPSA) is 72.3 Å². The van der Waals surface area contributed by atoms with Crippen molar-refractivity contribution in [3.63, 3.8) is 0 Å². The van der Waals surface area contributed by atoms with E-state index in [0.717, 1.165) is 0 Å². The third kappa shape index (κ3) is 4.35. The van der Waals surface area contributed by atoms with Crippen molar-refractivity contribution in [1.82, 2.24) is 4.90 Å². The van der Waals surface area contributed by atoms with Crippen LogP contribution in [0.1, 0.15) is 39.5 Å². The summed E-state index contributed by atoms with van der Waals surface area (Å²) in [6.07, 6.45) is -2.40. The maximum absolute atomic E-state index is 12.6. The van der Waals surface area contributed by atoms with Crippen molar-refractivity contribution in [3.05, 3.63) is 0 Å². The molecule has 1 rings (SSSR count). The second-order valence-corrected chi connectivity index (χ2v) is 5.65. The molecule has 7 heteroatoms. The highest BCUT2D eigenvalue weighted by molar-refractivity contribution is 5.84. The van der Waals surface area contributed by atoms with Crippen LogP contribution < -0.4 is 11.5 Å². The molecule has 4 N–H and O–H groups in total. The molecule has 4 nitrogen and oxygen atoms in total. The standard InChI is InChI=1S/C12H22F3N3O/c1-8(2)18(7-12(13,14)15)9-4-3-5-11(17,6-9)10(16)19/h8-9H,3-7,17H2,1-2H3,(H2,16,19). The molecule has 1 fully saturated rings. The summed E-state index contributed by atoms with van der Waals surface area (Å²) < 4.78 is 37.8. The first-order valence-corrected chi connectivity index (χ1v) is 6.46. The second-order valence-electron chi connectivity index (χ2n) is 5.65. The van der Waals surface area contributed by atoms with Crippen LogP contribution in [-0.4, -0.2) is 41.2 Å². The minimum absolute atomic E-state index is 0.191. The van der Waals surface area contributed by atoms with Crippen LogP contribution in [0.3, 0.4) is 0 Å². The van der Waals surface area contributed by atoms with Crippen LogP contribution in [0.5, 0.6) is 0 Å². The lowest BCUT2D eigenvalue weighted by atomic mass is 9.78. The van der Waals surface area contributed by atoms with Crippen molar-refractivity contribution in [2.45, 2.75) is 63.3 Å². The van der Waals surface area contributed by atoms with E-state index in [4.69, 9.17) is 11.5 Å². The minimum atomic E-state index is -4.26. The van der Waals surface area contributed by atoms with Gasteiger partial charge in [0.15, 0.2) is 0 Å². The molecule has 0 spiro atoms. The predicted molar refractivity (Wildman–Crippen MR) is 66.3 cm³/mol. The lowest BCUT2D eigenvalue weighted by Crippen LogP contribution is -2.59. The van der Waals surface area contributed by atoms with E-state index in [1.807, 2.05) is 0 Å². The Morgan fingerprint density at radius 1 is 1.47 bits per heavy atom. The maximum Gasteiger partial charge on any atom is 0.401 e. The smallest absolute Gasteiger partial charge is 0.368 e. The Morgan fingerprint density at radius 3 is 2.47 bits per heavy atom. The van der Waals surface area contributed by atoms with E-state index in [2.05, 4.69) is 0 Å². The van der Waals surface area contributed by atoms with Crippen LogP contribution in [0.25, 0.3) is 0 Å². The predicted octanol–water partition coefficient (Wildman–Crippen LogP) is 1.38. The quantitative estimate of drug-likeness (QED) is 0.818. The number of halogens is 3. The third-order valence-electron chi connectivity index (χ3n) is 3.75. The first kappa shape index (κ1) is 16.2. The Labute approximate surface area is 111 Å². The highest BCUT2D eigenvalue weighted by Gasteiger charge is 2.42. The Morgan fingerprint density at radius 2 is 2.05 bits per heavy atom. The molecule has 1 saturated carbocycles. The molecule has 0 bridgehead atoms. The fourth-order valence-corrected chi connectivity index (χ4v) is 2.72. The van der Waals surface area contributed by atoms with Crippen LogP contribution in [0.15, 0.2) is 0 Å². The van der Waals surface area contributed by atoms with Gasteiger partial charge in [0.2, 0.25) is 5.91 Å². The van der Waals surface area contributed by atoms with Crippen LogP contribution in [0.2, 0.25) is 0 Å². The summed E-state index contributed by atoms with van der Waals surface area (Å²) in [6, 6.07) is -0.616. The number of rotatable bonds is 4. The molecule has 112 valence electrons. The summed E-state index contributed by atoms with van der Waals surface area (Å²) in [6.45, 7) is 2.44. The van der Waals surface area contributed by atoms with Crippen molar-refractivity contribution >= 4 is 5.91 Å². The van der Waals surface area contributed by atoms with E-state index in [1.54, 1.807) is 13.8 Å². The Hall–Kier alpha value is -0.820.